The van der Waals surface area contributed by atoms with Crippen molar-refractivity contribution < 1.29 is 14.7 Å². The zero-order valence-corrected chi connectivity index (χ0v) is 12.6. The maximum Gasteiger partial charge on any atom is 0.303 e. The summed E-state index contributed by atoms with van der Waals surface area (Å²) < 4.78 is 0. The van der Waals surface area contributed by atoms with Crippen molar-refractivity contribution in [3.8, 4) is 6.07 Å². The number of hydrogen-bond acceptors (Lipinski definition) is 4. The number of hydrogen-bond donors (Lipinski definition) is 3. The fraction of sp³-hybridized carbons (Fsp3) is 0.312. The normalized spacial score (nSPS) is 10.7. The number of aliphatic carboxylic acids is 1. The van der Waals surface area contributed by atoms with Gasteiger partial charge in [-0.15, -0.1) is 0 Å². The van der Waals surface area contributed by atoms with Crippen LogP contribution in [-0.2, 0) is 9.59 Å². The molecule has 116 valence electrons. The molecule has 0 fully saturated rings. The predicted octanol–water partition coefficient (Wildman–Crippen LogP) is 2.10. The van der Waals surface area contributed by atoms with Crippen molar-refractivity contribution in [3.63, 3.8) is 0 Å². The first-order valence-corrected chi connectivity index (χ1v) is 6.88. The van der Waals surface area contributed by atoms with Crippen LogP contribution in [0.2, 0.25) is 0 Å². The van der Waals surface area contributed by atoms with Gasteiger partial charge in [-0.2, -0.15) is 5.26 Å². The van der Waals surface area contributed by atoms with Crippen molar-refractivity contribution in [1.29, 1.82) is 5.26 Å². The Labute approximate surface area is 129 Å². The molecule has 0 aliphatic heterocycles. The number of para-hydroxylation sites is 1. The highest BCUT2D eigenvalue weighted by atomic mass is 16.4. The second-order valence-corrected chi connectivity index (χ2v) is 4.83. The molecule has 0 aliphatic rings. The van der Waals surface area contributed by atoms with Crippen molar-refractivity contribution in [2.24, 2.45) is 0 Å². The Morgan fingerprint density at radius 1 is 1.32 bits per heavy atom. The van der Waals surface area contributed by atoms with E-state index in [1.165, 1.54) is 6.20 Å². The van der Waals surface area contributed by atoms with Gasteiger partial charge in [0, 0.05) is 24.9 Å². The molecule has 0 atom stereocenters. The fourth-order valence-corrected chi connectivity index (χ4v) is 1.87. The van der Waals surface area contributed by atoms with E-state index in [0.717, 1.165) is 16.8 Å². The number of amides is 1. The molecule has 1 aromatic rings. The van der Waals surface area contributed by atoms with E-state index in [1.807, 2.05) is 38.1 Å². The van der Waals surface area contributed by atoms with E-state index in [1.54, 1.807) is 0 Å². The topological polar surface area (TPSA) is 102 Å². The number of carbonyl (C=O) groups is 2. The van der Waals surface area contributed by atoms with Crippen molar-refractivity contribution in [3.05, 3.63) is 41.1 Å². The van der Waals surface area contributed by atoms with Gasteiger partial charge in [0.05, 0.1) is 0 Å². The molecule has 0 bridgehead atoms. The summed E-state index contributed by atoms with van der Waals surface area (Å²) in [5, 5.41) is 23.1. The van der Waals surface area contributed by atoms with Crippen molar-refractivity contribution >= 4 is 17.6 Å². The maximum atomic E-state index is 11.8. The number of nitriles is 1. The number of nitrogens with zero attached hydrogens (tertiary/aromatic N) is 1. The summed E-state index contributed by atoms with van der Waals surface area (Å²) >= 11 is 0. The van der Waals surface area contributed by atoms with Crippen molar-refractivity contribution in [2.75, 3.05) is 11.9 Å². The highest BCUT2D eigenvalue weighted by molar-refractivity contribution is 5.97. The molecule has 1 amide bonds. The summed E-state index contributed by atoms with van der Waals surface area (Å²) in [5.74, 6) is -1.44. The van der Waals surface area contributed by atoms with Gasteiger partial charge in [0.2, 0.25) is 0 Å². The molecular formula is C16H19N3O3. The van der Waals surface area contributed by atoms with Crippen LogP contribution in [0.4, 0.5) is 5.69 Å². The molecule has 0 aliphatic carbocycles. The Morgan fingerprint density at radius 3 is 2.50 bits per heavy atom. The molecule has 0 unspecified atom stereocenters. The predicted molar refractivity (Wildman–Crippen MR) is 83.1 cm³/mol. The van der Waals surface area contributed by atoms with Gasteiger partial charge in [-0.3, -0.25) is 9.59 Å². The molecule has 0 aromatic heterocycles. The Bertz CT molecular complexity index is 610. The van der Waals surface area contributed by atoms with Crippen molar-refractivity contribution in [2.45, 2.75) is 26.7 Å². The largest absolute Gasteiger partial charge is 0.481 e. The van der Waals surface area contributed by atoms with E-state index in [9.17, 15) is 9.59 Å². The summed E-state index contributed by atoms with van der Waals surface area (Å²) in [6, 6.07) is 7.62. The van der Waals surface area contributed by atoms with Crippen LogP contribution in [0, 0.1) is 25.2 Å². The fourth-order valence-electron chi connectivity index (χ4n) is 1.87. The number of anilines is 1. The van der Waals surface area contributed by atoms with Gasteiger partial charge in [0.1, 0.15) is 11.6 Å². The zero-order valence-electron chi connectivity index (χ0n) is 12.6. The highest BCUT2D eigenvalue weighted by Crippen LogP contribution is 2.19. The molecule has 3 N–H and O–H groups in total. The molecule has 0 saturated carbocycles. The summed E-state index contributed by atoms with van der Waals surface area (Å²) in [6.07, 6.45) is 1.67. The van der Waals surface area contributed by atoms with Crippen LogP contribution in [0.5, 0.6) is 0 Å². The molecule has 6 nitrogen and oxygen atoms in total. The minimum absolute atomic E-state index is 0.0213. The monoisotopic (exact) mass is 301 g/mol. The first-order valence-electron chi connectivity index (χ1n) is 6.88. The van der Waals surface area contributed by atoms with E-state index in [4.69, 9.17) is 10.4 Å². The van der Waals surface area contributed by atoms with Gasteiger partial charge in [0.25, 0.3) is 5.91 Å². The number of benzene rings is 1. The third-order valence-corrected chi connectivity index (χ3v) is 3.06. The van der Waals surface area contributed by atoms with Gasteiger partial charge in [-0.25, -0.2) is 0 Å². The first-order chi connectivity index (χ1) is 10.5. The van der Waals surface area contributed by atoms with Crippen LogP contribution in [0.15, 0.2) is 30.0 Å². The minimum atomic E-state index is -0.915. The smallest absolute Gasteiger partial charge is 0.303 e. The van der Waals surface area contributed by atoms with Crippen LogP contribution in [0.3, 0.4) is 0 Å². The van der Waals surface area contributed by atoms with Crippen LogP contribution in [0.25, 0.3) is 0 Å². The lowest BCUT2D eigenvalue weighted by Crippen LogP contribution is -2.26. The summed E-state index contributed by atoms with van der Waals surface area (Å²) in [7, 11) is 0. The Morgan fingerprint density at radius 2 is 1.95 bits per heavy atom. The lowest BCUT2D eigenvalue weighted by atomic mass is 10.1. The SMILES string of the molecule is Cc1cccc(C)c1N/C=C(/C#N)C(=O)NCCCC(=O)O. The lowest BCUT2D eigenvalue weighted by Gasteiger charge is -2.09. The number of aryl methyl sites for hydroxylation is 2. The first kappa shape index (κ1) is 17.2. The standard InChI is InChI=1S/C16H19N3O3/c1-11-5-3-6-12(2)15(11)19-10-13(9-17)16(22)18-8-4-7-14(20)21/h3,5-6,10,19H,4,7-8H2,1-2H3,(H,18,22)(H,20,21)/b13-10-. The molecule has 1 aromatic carbocycles. The molecule has 0 spiro atoms. The third-order valence-electron chi connectivity index (χ3n) is 3.06. The van der Waals surface area contributed by atoms with Gasteiger partial charge in [0.15, 0.2) is 0 Å². The molecular weight excluding hydrogens is 282 g/mol. The molecule has 22 heavy (non-hydrogen) atoms. The average Bonchev–Trinajstić information content (AvgIpc) is 2.46. The zero-order chi connectivity index (χ0) is 16.5. The van der Waals surface area contributed by atoms with Gasteiger partial charge < -0.3 is 15.7 Å². The molecule has 0 saturated heterocycles. The molecule has 1 rings (SSSR count). The Balaban J connectivity index is 2.65. The van der Waals surface area contributed by atoms with Crippen LogP contribution in [-0.4, -0.2) is 23.5 Å². The number of carboxylic acids is 1. The average molecular weight is 301 g/mol. The van der Waals surface area contributed by atoms with E-state index >= 15 is 0 Å². The second-order valence-electron chi connectivity index (χ2n) is 4.83. The van der Waals surface area contributed by atoms with Crippen LogP contribution >= 0.6 is 0 Å². The van der Waals surface area contributed by atoms with E-state index in [-0.39, 0.29) is 18.5 Å². The summed E-state index contributed by atoms with van der Waals surface area (Å²) in [6.45, 7) is 4.08. The second kappa shape index (κ2) is 8.47. The molecule has 6 heteroatoms. The maximum absolute atomic E-state index is 11.8. The number of carboxylic acid groups (broad SMARTS) is 1. The van der Waals surface area contributed by atoms with Gasteiger partial charge in [-0.1, -0.05) is 18.2 Å². The molecule has 0 heterocycles. The molecule has 0 radical (unpaired) electrons. The third kappa shape index (κ3) is 5.29. The minimum Gasteiger partial charge on any atom is -0.481 e. The lowest BCUT2D eigenvalue weighted by molar-refractivity contribution is -0.137. The number of nitrogens with one attached hydrogen (secondary N) is 2. The van der Waals surface area contributed by atoms with E-state index < -0.39 is 11.9 Å². The van der Waals surface area contributed by atoms with Crippen LogP contribution < -0.4 is 10.6 Å². The summed E-state index contributed by atoms with van der Waals surface area (Å²) in [5.41, 5.74) is 2.82. The van der Waals surface area contributed by atoms with E-state index in [2.05, 4.69) is 10.6 Å². The highest BCUT2D eigenvalue weighted by Gasteiger charge is 2.09. The van der Waals surface area contributed by atoms with Gasteiger partial charge >= 0.3 is 5.97 Å². The van der Waals surface area contributed by atoms with Crippen LogP contribution in [0.1, 0.15) is 24.0 Å². The Hall–Kier alpha value is -2.81. The van der Waals surface area contributed by atoms with Gasteiger partial charge in [-0.05, 0) is 31.4 Å². The number of rotatable bonds is 7. The Kier molecular flexibility index (Phi) is 6.64. The van der Waals surface area contributed by atoms with Crippen molar-refractivity contribution in [1.82, 2.24) is 5.32 Å². The van der Waals surface area contributed by atoms with E-state index in [0.29, 0.717) is 6.42 Å². The quantitative estimate of drug-likeness (QED) is 0.406. The summed E-state index contributed by atoms with van der Waals surface area (Å²) in [4.78, 5) is 22.2. The number of carbonyl (C=O) groups excluding carboxylic acids is 1.